The molecule has 0 radical (unpaired) electrons. The van der Waals surface area contributed by atoms with Crippen LogP contribution in [-0.4, -0.2) is 38.3 Å². The first kappa shape index (κ1) is 15.3. The number of alkyl halides is 3. The molecule has 0 aromatic heterocycles. The van der Waals surface area contributed by atoms with E-state index in [1.807, 2.05) is 0 Å². The normalized spacial score (nSPS) is 25.0. The lowest BCUT2D eigenvalue weighted by atomic mass is 10.2. The van der Waals surface area contributed by atoms with Crippen LogP contribution in [0.5, 0.6) is 0 Å². The van der Waals surface area contributed by atoms with Crippen LogP contribution in [0.4, 0.5) is 13.2 Å². The summed E-state index contributed by atoms with van der Waals surface area (Å²) in [6, 6.07) is 0. The highest BCUT2D eigenvalue weighted by Gasteiger charge is 2.33. The van der Waals surface area contributed by atoms with Crippen LogP contribution in [-0.2, 0) is 14.6 Å². The van der Waals surface area contributed by atoms with Gasteiger partial charge in [0.25, 0.3) is 0 Å². The summed E-state index contributed by atoms with van der Waals surface area (Å²) in [7, 11) is -3.73. The maximum Gasteiger partial charge on any atom is 0.390 e. The summed E-state index contributed by atoms with van der Waals surface area (Å²) >= 11 is 0. The van der Waals surface area contributed by atoms with Gasteiger partial charge in [0.2, 0.25) is 0 Å². The maximum absolute atomic E-state index is 11.9. The minimum absolute atomic E-state index is 0.169. The molecule has 0 saturated carbocycles. The molecule has 3 nitrogen and oxygen atoms in total. The smallest absolute Gasteiger partial charge is 0.373 e. The topological polar surface area (TPSA) is 43.4 Å². The van der Waals surface area contributed by atoms with Gasteiger partial charge in [0.1, 0.15) is 0 Å². The molecule has 2 atom stereocenters. The Kier molecular flexibility index (Phi) is 5.05. The molecule has 0 amide bonds. The van der Waals surface area contributed by atoms with E-state index in [0.29, 0.717) is 19.3 Å². The molecule has 0 spiro atoms. The van der Waals surface area contributed by atoms with Crippen LogP contribution in [0.25, 0.3) is 0 Å². The molecular weight excluding hydrogens is 269 g/mol. The SMILES string of the molecule is C#CCC1CCC(CS(=O)(=O)CCC(F)(F)F)O1. The number of halogens is 3. The van der Waals surface area contributed by atoms with Gasteiger partial charge in [-0.25, -0.2) is 8.42 Å². The van der Waals surface area contributed by atoms with Gasteiger partial charge in [-0.1, -0.05) is 0 Å². The third-order valence-corrected chi connectivity index (χ3v) is 4.38. The summed E-state index contributed by atoms with van der Waals surface area (Å²) in [4.78, 5) is 0. The molecular formula is C11H15F3O3S. The monoisotopic (exact) mass is 284 g/mol. The highest BCUT2D eigenvalue weighted by Crippen LogP contribution is 2.25. The molecule has 0 aromatic rings. The summed E-state index contributed by atoms with van der Waals surface area (Å²) in [5.41, 5.74) is 0. The van der Waals surface area contributed by atoms with Crippen molar-refractivity contribution in [1.82, 2.24) is 0 Å². The van der Waals surface area contributed by atoms with Gasteiger partial charge >= 0.3 is 6.18 Å². The van der Waals surface area contributed by atoms with E-state index in [1.165, 1.54) is 0 Å². The molecule has 0 aliphatic carbocycles. The van der Waals surface area contributed by atoms with Crippen LogP contribution in [0, 0.1) is 12.3 Å². The average molecular weight is 284 g/mol. The Morgan fingerprint density at radius 3 is 2.44 bits per heavy atom. The number of sulfone groups is 1. The Bertz CT molecular complexity index is 408. The van der Waals surface area contributed by atoms with Crippen LogP contribution in [0.1, 0.15) is 25.7 Å². The minimum atomic E-state index is -4.45. The highest BCUT2D eigenvalue weighted by atomic mass is 32.2. The van der Waals surface area contributed by atoms with Crippen molar-refractivity contribution in [2.45, 2.75) is 44.1 Å². The summed E-state index contributed by atoms with van der Waals surface area (Å²) < 4.78 is 64.2. The number of ether oxygens (including phenoxy) is 1. The fourth-order valence-corrected chi connectivity index (χ4v) is 3.34. The fraction of sp³-hybridized carbons (Fsp3) is 0.818. The van der Waals surface area contributed by atoms with Crippen molar-refractivity contribution in [2.75, 3.05) is 11.5 Å². The Morgan fingerprint density at radius 2 is 1.89 bits per heavy atom. The van der Waals surface area contributed by atoms with Crippen molar-refractivity contribution in [3.63, 3.8) is 0 Å². The first-order chi connectivity index (χ1) is 8.22. The van der Waals surface area contributed by atoms with Gasteiger partial charge in [0.15, 0.2) is 9.84 Å². The van der Waals surface area contributed by atoms with Crippen molar-refractivity contribution in [1.29, 1.82) is 0 Å². The highest BCUT2D eigenvalue weighted by molar-refractivity contribution is 7.91. The van der Waals surface area contributed by atoms with E-state index in [0.717, 1.165) is 0 Å². The average Bonchev–Trinajstić information content (AvgIpc) is 2.62. The van der Waals surface area contributed by atoms with Crippen LogP contribution < -0.4 is 0 Å². The molecule has 0 bridgehead atoms. The van der Waals surface area contributed by atoms with Gasteiger partial charge in [-0.2, -0.15) is 13.2 Å². The van der Waals surface area contributed by atoms with E-state index < -0.39 is 34.3 Å². The summed E-state index contributed by atoms with van der Waals surface area (Å²) in [5, 5.41) is 0. The third-order valence-electron chi connectivity index (χ3n) is 2.68. The summed E-state index contributed by atoms with van der Waals surface area (Å²) in [6.07, 6.45) is 0.234. The molecule has 104 valence electrons. The second-order valence-electron chi connectivity index (χ2n) is 4.35. The van der Waals surface area contributed by atoms with Crippen molar-refractivity contribution >= 4 is 9.84 Å². The molecule has 0 N–H and O–H groups in total. The second-order valence-corrected chi connectivity index (χ2v) is 6.57. The van der Waals surface area contributed by atoms with Crippen LogP contribution in [0.15, 0.2) is 0 Å². The van der Waals surface area contributed by atoms with Crippen molar-refractivity contribution in [2.24, 2.45) is 0 Å². The first-order valence-electron chi connectivity index (χ1n) is 5.58. The van der Waals surface area contributed by atoms with E-state index in [4.69, 9.17) is 11.2 Å². The predicted octanol–water partition coefficient (Wildman–Crippen LogP) is 1.92. The standard InChI is InChI=1S/C11H15F3O3S/c1-2-3-9-4-5-10(17-9)8-18(15,16)7-6-11(12,13)14/h1,9-10H,3-8H2. The molecule has 1 rings (SSSR count). The van der Waals surface area contributed by atoms with Gasteiger partial charge in [0.05, 0.1) is 30.1 Å². The predicted molar refractivity (Wildman–Crippen MR) is 60.7 cm³/mol. The van der Waals surface area contributed by atoms with Gasteiger partial charge in [-0.3, -0.25) is 0 Å². The third kappa shape index (κ3) is 5.74. The zero-order valence-electron chi connectivity index (χ0n) is 9.74. The zero-order valence-corrected chi connectivity index (χ0v) is 10.6. The summed E-state index contributed by atoms with van der Waals surface area (Å²) in [6.45, 7) is 0. The van der Waals surface area contributed by atoms with E-state index >= 15 is 0 Å². The van der Waals surface area contributed by atoms with Gasteiger partial charge in [-0.05, 0) is 12.8 Å². The van der Waals surface area contributed by atoms with Gasteiger partial charge < -0.3 is 4.74 Å². The Balaban J connectivity index is 2.41. The van der Waals surface area contributed by atoms with Crippen LogP contribution in [0.3, 0.4) is 0 Å². The molecule has 18 heavy (non-hydrogen) atoms. The molecule has 2 unspecified atom stereocenters. The number of rotatable bonds is 5. The lowest BCUT2D eigenvalue weighted by molar-refractivity contribution is -0.129. The Hall–Kier alpha value is -0.740. The van der Waals surface area contributed by atoms with Crippen molar-refractivity contribution in [3.8, 4) is 12.3 Å². The van der Waals surface area contributed by atoms with Crippen LogP contribution in [0.2, 0.25) is 0 Å². The second kappa shape index (κ2) is 5.93. The molecule has 0 aromatic carbocycles. The largest absolute Gasteiger partial charge is 0.390 e. The zero-order chi connectivity index (χ0) is 13.8. The Labute approximate surface area is 105 Å². The Morgan fingerprint density at radius 1 is 1.28 bits per heavy atom. The number of hydrogen-bond donors (Lipinski definition) is 0. The van der Waals surface area contributed by atoms with E-state index in [1.54, 1.807) is 0 Å². The molecule has 1 heterocycles. The molecule has 1 aliphatic heterocycles. The van der Waals surface area contributed by atoms with E-state index in [-0.39, 0.29) is 11.9 Å². The number of terminal acetylenes is 1. The minimum Gasteiger partial charge on any atom is -0.373 e. The van der Waals surface area contributed by atoms with Crippen molar-refractivity contribution < 1.29 is 26.3 Å². The quantitative estimate of drug-likeness (QED) is 0.724. The maximum atomic E-state index is 11.9. The summed E-state index contributed by atoms with van der Waals surface area (Å²) in [5.74, 6) is 1.18. The lowest BCUT2D eigenvalue weighted by Gasteiger charge is -2.13. The molecule has 1 fully saturated rings. The fourth-order valence-electron chi connectivity index (χ4n) is 1.82. The van der Waals surface area contributed by atoms with E-state index in [2.05, 4.69) is 5.92 Å². The first-order valence-corrected chi connectivity index (χ1v) is 7.40. The van der Waals surface area contributed by atoms with Crippen molar-refractivity contribution in [3.05, 3.63) is 0 Å². The number of hydrogen-bond acceptors (Lipinski definition) is 3. The molecule has 1 aliphatic rings. The van der Waals surface area contributed by atoms with Gasteiger partial charge in [0, 0.05) is 6.42 Å². The molecule has 1 saturated heterocycles. The van der Waals surface area contributed by atoms with E-state index in [9.17, 15) is 21.6 Å². The molecule has 7 heteroatoms. The lowest BCUT2D eigenvalue weighted by Crippen LogP contribution is -2.26. The van der Waals surface area contributed by atoms with Crippen LogP contribution >= 0.6 is 0 Å². The van der Waals surface area contributed by atoms with Gasteiger partial charge in [-0.15, -0.1) is 12.3 Å².